The second-order valence-electron chi connectivity index (χ2n) is 3.36. The summed E-state index contributed by atoms with van der Waals surface area (Å²) >= 11 is 0. The molecule has 1 radical (unpaired) electrons. The first-order valence-corrected chi connectivity index (χ1v) is 4.67. The van der Waals surface area contributed by atoms with Gasteiger partial charge >= 0.3 is 0 Å². The van der Waals surface area contributed by atoms with Gasteiger partial charge in [-0.15, -0.1) is 0 Å². The van der Waals surface area contributed by atoms with Crippen LogP contribution in [0.25, 0.3) is 0 Å². The van der Waals surface area contributed by atoms with Gasteiger partial charge in [-0.1, -0.05) is 23.4 Å². The Morgan fingerprint density at radius 1 is 1.43 bits per heavy atom. The number of hydrogen-bond acceptors (Lipinski definition) is 2. The van der Waals surface area contributed by atoms with Crippen molar-refractivity contribution in [1.29, 1.82) is 0 Å². The zero-order valence-corrected chi connectivity index (χ0v) is 7.74. The van der Waals surface area contributed by atoms with E-state index >= 15 is 0 Å². The van der Waals surface area contributed by atoms with Gasteiger partial charge in [-0.3, -0.25) is 0 Å². The monoisotopic (exact) mass is 192 g/mol. The van der Waals surface area contributed by atoms with Gasteiger partial charge in [0.25, 0.3) is 0 Å². The molecule has 2 nitrogen and oxygen atoms in total. The summed E-state index contributed by atoms with van der Waals surface area (Å²) in [5.41, 5.74) is 0.522. The molecule has 0 spiro atoms. The lowest BCUT2D eigenvalue weighted by atomic mass is 10.2. The van der Waals surface area contributed by atoms with Crippen LogP contribution in [0.3, 0.4) is 0 Å². The molecule has 0 N–H and O–H groups in total. The Hall–Kier alpha value is -1.38. The Bertz CT molecular complexity index is 334. The van der Waals surface area contributed by atoms with Crippen molar-refractivity contribution in [2.45, 2.75) is 19.4 Å². The first-order chi connectivity index (χ1) is 6.86. The minimum atomic E-state index is -0.255. The van der Waals surface area contributed by atoms with Crippen LogP contribution < -0.4 is 0 Å². The van der Waals surface area contributed by atoms with Crippen LogP contribution in [0.15, 0.2) is 29.4 Å². The van der Waals surface area contributed by atoms with Crippen molar-refractivity contribution in [3.8, 4) is 0 Å². The van der Waals surface area contributed by atoms with Crippen LogP contribution in [-0.2, 0) is 11.4 Å². The zero-order valence-electron chi connectivity index (χ0n) is 7.74. The van der Waals surface area contributed by atoms with Crippen molar-refractivity contribution in [3.63, 3.8) is 0 Å². The van der Waals surface area contributed by atoms with Crippen molar-refractivity contribution < 1.29 is 9.23 Å². The van der Waals surface area contributed by atoms with Crippen LogP contribution in [0.1, 0.15) is 18.4 Å². The summed E-state index contributed by atoms with van der Waals surface area (Å²) < 4.78 is 13.0. The highest BCUT2D eigenvalue weighted by Crippen LogP contribution is 2.26. The molecular weight excluding hydrogens is 181 g/mol. The molecular formula is C11H11FNO. The van der Waals surface area contributed by atoms with Gasteiger partial charge in [-0.25, -0.2) is 4.39 Å². The Morgan fingerprint density at radius 2 is 2.21 bits per heavy atom. The Balaban J connectivity index is 1.82. The van der Waals surface area contributed by atoms with E-state index in [1.807, 2.05) is 0 Å². The number of benzene rings is 1. The predicted octanol–water partition coefficient (Wildman–Crippen LogP) is 2.62. The standard InChI is InChI=1S/C11H11FNO/c12-11-4-2-1-3-10(11)8-14-13-7-9-5-6-9/h1-4,9H,5-6,8H2. The van der Waals surface area contributed by atoms with Crippen LogP contribution in [0.2, 0.25) is 0 Å². The maximum absolute atomic E-state index is 13.0. The third-order valence-electron chi connectivity index (χ3n) is 2.06. The fraction of sp³-hybridized carbons (Fsp3) is 0.364. The lowest BCUT2D eigenvalue weighted by Crippen LogP contribution is -1.91. The molecule has 2 rings (SSSR count). The molecule has 1 aliphatic rings. The Kier molecular flexibility index (Phi) is 2.77. The maximum Gasteiger partial charge on any atom is 0.145 e. The van der Waals surface area contributed by atoms with Crippen molar-refractivity contribution >= 4 is 6.21 Å². The maximum atomic E-state index is 13.0. The van der Waals surface area contributed by atoms with E-state index in [4.69, 9.17) is 4.84 Å². The topological polar surface area (TPSA) is 21.6 Å². The summed E-state index contributed by atoms with van der Waals surface area (Å²) in [6.45, 7) is 0.173. The van der Waals surface area contributed by atoms with E-state index in [1.54, 1.807) is 18.2 Å². The Morgan fingerprint density at radius 3 is 2.93 bits per heavy atom. The highest BCUT2D eigenvalue weighted by Gasteiger charge is 2.19. The molecule has 1 aliphatic carbocycles. The van der Waals surface area contributed by atoms with E-state index in [2.05, 4.69) is 11.4 Å². The molecule has 0 saturated heterocycles. The quantitative estimate of drug-likeness (QED) is 0.530. The third kappa shape index (κ3) is 2.55. The number of nitrogens with zero attached hydrogens (tertiary/aromatic N) is 1. The van der Waals surface area contributed by atoms with E-state index in [1.165, 1.54) is 6.07 Å². The average molecular weight is 192 g/mol. The normalized spacial score (nSPS) is 16.1. The van der Waals surface area contributed by atoms with Gasteiger partial charge in [0.2, 0.25) is 0 Å². The zero-order chi connectivity index (χ0) is 9.80. The highest BCUT2D eigenvalue weighted by molar-refractivity contribution is 5.62. The van der Waals surface area contributed by atoms with E-state index in [0.717, 1.165) is 12.8 Å². The number of halogens is 1. The van der Waals surface area contributed by atoms with E-state index in [-0.39, 0.29) is 12.4 Å². The molecule has 1 saturated carbocycles. The molecule has 1 fully saturated rings. The van der Waals surface area contributed by atoms with Gasteiger partial charge in [-0.2, -0.15) is 0 Å². The van der Waals surface area contributed by atoms with Crippen LogP contribution >= 0.6 is 0 Å². The van der Waals surface area contributed by atoms with E-state index in [0.29, 0.717) is 11.5 Å². The molecule has 0 unspecified atom stereocenters. The molecule has 73 valence electrons. The largest absolute Gasteiger partial charge is 0.391 e. The van der Waals surface area contributed by atoms with Crippen LogP contribution in [0, 0.1) is 11.7 Å². The smallest absolute Gasteiger partial charge is 0.145 e. The molecule has 0 atom stereocenters. The van der Waals surface area contributed by atoms with Gasteiger partial charge in [0, 0.05) is 11.5 Å². The van der Waals surface area contributed by atoms with Gasteiger partial charge in [0.05, 0.1) is 0 Å². The fourth-order valence-electron chi connectivity index (χ4n) is 1.04. The first kappa shape index (κ1) is 9.19. The van der Waals surface area contributed by atoms with E-state index < -0.39 is 0 Å². The summed E-state index contributed by atoms with van der Waals surface area (Å²) in [5.74, 6) is 0.213. The lowest BCUT2D eigenvalue weighted by Gasteiger charge is -1.99. The van der Waals surface area contributed by atoms with Gasteiger partial charge in [0.15, 0.2) is 0 Å². The van der Waals surface area contributed by atoms with Crippen LogP contribution in [-0.4, -0.2) is 6.21 Å². The Labute approximate surface area is 82.4 Å². The molecule has 0 heterocycles. The molecule has 0 bridgehead atoms. The van der Waals surface area contributed by atoms with Crippen molar-refractivity contribution in [2.75, 3.05) is 0 Å². The molecule has 0 aromatic heterocycles. The summed E-state index contributed by atoms with van der Waals surface area (Å²) in [4.78, 5) is 4.93. The van der Waals surface area contributed by atoms with Crippen molar-refractivity contribution in [3.05, 3.63) is 35.6 Å². The molecule has 0 aliphatic heterocycles. The molecule has 14 heavy (non-hydrogen) atoms. The minimum absolute atomic E-state index is 0.173. The SMILES string of the molecule is Fc1ccccc1CO/N=[C]\C1CC1. The van der Waals surface area contributed by atoms with Crippen LogP contribution in [0.4, 0.5) is 4.39 Å². The lowest BCUT2D eigenvalue weighted by molar-refractivity contribution is 0.128. The van der Waals surface area contributed by atoms with Gasteiger partial charge in [-0.05, 0) is 18.9 Å². The number of hydrogen-bond donors (Lipinski definition) is 0. The average Bonchev–Trinajstić information content (AvgIpc) is 2.99. The number of rotatable bonds is 4. The fourth-order valence-corrected chi connectivity index (χ4v) is 1.04. The highest BCUT2D eigenvalue weighted by atomic mass is 19.1. The van der Waals surface area contributed by atoms with Crippen LogP contribution in [0.5, 0.6) is 0 Å². The van der Waals surface area contributed by atoms with Gasteiger partial charge < -0.3 is 4.84 Å². The molecule has 3 heteroatoms. The summed E-state index contributed by atoms with van der Waals surface area (Å²) in [5, 5.41) is 3.65. The van der Waals surface area contributed by atoms with E-state index in [9.17, 15) is 4.39 Å². The summed E-state index contributed by atoms with van der Waals surface area (Å²) in [6, 6.07) is 6.52. The molecule has 1 aromatic carbocycles. The first-order valence-electron chi connectivity index (χ1n) is 4.67. The predicted molar refractivity (Wildman–Crippen MR) is 51.3 cm³/mol. The summed E-state index contributed by atoms with van der Waals surface area (Å²) in [6.07, 6.45) is 5.12. The minimum Gasteiger partial charge on any atom is -0.391 e. The second-order valence-corrected chi connectivity index (χ2v) is 3.36. The van der Waals surface area contributed by atoms with Crippen molar-refractivity contribution in [2.24, 2.45) is 11.1 Å². The third-order valence-corrected chi connectivity index (χ3v) is 2.06. The second kappa shape index (κ2) is 4.22. The summed E-state index contributed by atoms with van der Waals surface area (Å²) in [7, 11) is 0. The van der Waals surface area contributed by atoms with Gasteiger partial charge in [0.1, 0.15) is 18.6 Å². The molecule has 0 amide bonds. The molecule has 1 aromatic rings. The van der Waals surface area contributed by atoms with Crippen molar-refractivity contribution in [1.82, 2.24) is 0 Å².